The van der Waals surface area contributed by atoms with Crippen LogP contribution in [0.25, 0.3) is 10.2 Å². The molecule has 8 heteroatoms. The Labute approximate surface area is 160 Å². The molecule has 1 N–H and O–H groups in total. The Morgan fingerprint density at radius 1 is 1.37 bits per heavy atom. The Bertz CT molecular complexity index is 790. The predicted molar refractivity (Wildman–Crippen MR) is 101 cm³/mol. The van der Waals surface area contributed by atoms with Gasteiger partial charge >= 0.3 is 6.18 Å². The SMILES string of the molecule is CCN1CCCCC1CNC(=O)CCc1nc2cc(C(F)(F)F)ccc2s1. The minimum atomic E-state index is -4.37. The minimum Gasteiger partial charge on any atom is -0.355 e. The van der Waals surface area contributed by atoms with Crippen molar-refractivity contribution in [2.24, 2.45) is 0 Å². The van der Waals surface area contributed by atoms with Gasteiger partial charge < -0.3 is 5.32 Å². The maximum absolute atomic E-state index is 12.8. The Balaban J connectivity index is 1.52. The zero-order valence-electron chi connectivity index (χ0n) is 15.3. The van der Waals surface area contributed by atoms with Crippen LogP contribution in [0.3, 0.4) is 0 Å². The molecule has 1 amide bonds. The molecule has 4 nitrogen and oxygen atoms in total. The van der Waals surface area contributed by atoms with E-state index in [2.05, 4.69) is 22.1 Å². The summed E-state index contributed by atoms with van der Waals surface area (Å²) in [6.07, 6.45) is -0.120. The molecule has 2 heterocycles. The molecule has 0 aliphatic carbocycles. The Kier molecular flexibility index (Phi) is 6.37. The minimum absolute atomic E-state index is 0.0353. The smallest absolute Gasteiger partial charge is 0.355 e. The van der Waals surface area contributed by atoms with Gasteiger partial charge in [-0.15, -0.1) is 11.3 Å². The normalized spacial score (nSPS) is 18.7. The van der Waals surface area contributed by atoms with Crippen molar-refractivity contribution in [2.75, 3.05) is 19.6 Å². The zero-order valence-corrected chi connectivity index (χ0v) is 16.1. The van der Waals surface area contributed by atoms with Gasteiger partial charge in [-0.1, -0.05) is 13.3 Å². The molecule has 148 valence electrons. The third kappa shape index (κ3) is 5.19. The molecule has 2 aromatic rings. The van der Waals surface area contributed by atoms with Gasteiger partial charge in [0.1, 0.15) is 0 Å². The summed E-state index contributed by atoms with van der Waals surface area (Å²) in [6.45, 7) is 4.87. The molecule has 27 heavy (non-hydrogen) atoms. The predicted octanol–water partition coefficient (Wildman–Crippen LogP) is 4.24. The third-order valence-corrected chi connectivity index (χ3v) is 6.11. The van der Waals surface area contributed by atoms with E-state index < -0.39 is 11.7 Å². The number of rotatable bonds is 6. The number of carbonyl (C=O) groups is 1. The van der Waals surface area contributed by atoms with Crippen LogP contribution in [0.15, 0.2) is 18.2 Å². The second-order valence-electron chi connectivity index (χ2n) is 6.87. The maximum Gasteiger partial charge on any atom is 0.416 e. The number of thiazole rings is 1. The first kappa shape index (κ1) is 20.1. The molecule has 1 unspecified atom stereocenters. The van der Waals surface area contributed by atoms with Crippen LogP contribution in [0.1, 0.15) is 43.2 Å². The summed E-state index contributed by atoms with van der Waals surface area (Å²) >= 11 is 1.34. The number of nitrogens with zero attached hydrogens (tertiary/aromatic N) is 2. The number of aromatic nitrogens is 1. The van der Waals surface area contributed by atoms with Crippen LogP contribution in [0.5, 0.6) is 0 Å². The summed E-state index contributed by atoms with van der Waals surface area (Å²) in [5, 5.41) is 3.68. The Hall–Kier alpha value is -1.67. The van der Waals surface area contributed by atoms with Crippen molar-refractivity contribution >= 4 is 27.5 Å². The molecule has 3 rings (SSSR count). The lowest BCUT2D eigenvalue weighted by molar-refractivity contribution is -0.137. The van der Waals surface area contributed by atoms with Crippen molar-refractivity contribution in [3.05, 3.63) is 28.8 Å². The van der Waals surface area contributed by atoms with E-state index >= 15 is 0 Å². The van der Waals surface area contributed by atoms with E-state index in [1.807, 2.05) is 0 Å². The van der Waals surface area contributed by atoms with Crippen LogP contribution in [0.2, 0.25) is 0 Å². The number of halogens is 3. The molecule has 1 fully saturated rings. The standard InChI is InChI=1S/C19H24F3N3OS/c1-2-25-10-4-3-5-14(25)12-23-17(26)8-9-18-24-15-11-13(19(20,21)22)6-7-16(15)27-18/h6-7,11,14H,2-5,8-10,12H2,1H3,(H,23,26). The number of aryl methyl sites for hydroxylation is 1. The van der Waals surface area contributed by atoms with Gasteiger partial charge in [-0.25, -0.2) is 4.98 Å². The number of hydrogen-bond donors (Lipinski definition) is 1. The number of nitrogens with one attached hydrogen (secondary N) is 1. The van der Waals surface area contributed by atoms with E-state index in [0.717, 1.165) is 31.6 Å². The number of piperidine rings is 1. The van der Waals surface area contributed by atoms with E-state index in [4.69, 9.17) is 0 Å². The number of alkyl halides is 3. The number of benzene rings is 1. The van der Waals surface area contributed by atoms with Gasteiger partial charge in [0.15, 0.2) is 0 Å². The fraction of sp³-hybridized carbons (Fsp3) is 0.579. The number of fused-ring (bicyclic) bond motifs is 1. The zero-order chi connectivity index (χ0) is 19.4. The summed E-state index contributed by atoms with van der Waals surface area (Å²) in [7, 11) is 0. The molecule has 0 spiro atoms. The van der Waals surface area contributed by atoms with E-state index in [-0.39, 0.29) is 5.91 Å². The van der Waals surface area contributed by atoms with Crippen molar-refractivity contribution in [2.45, 2.75) is 51.2 Å². The van der Waals surface area contributed by atoms with Gasteiger partial charge in [0.25, 0.3) is 0 Å². The Morgan fingerprint density at radius 2 is 2.19 bits per heavy atom. The van der Waals surface area contributed by atoms with Gasteiger partial charge in [0.2, 0.25) is 5.91 Å². The fourth-order valence-corrected chi connectivity index (χ4v) is 4.45. The summed E-state index contributed by atoms with van der Waals surface area (Å²) in [5.74, 6) is -0.0353. The van der Waals surface area contributed by atoms with Crippen LogP contribution < -0.4 is 5.32 Å². The molecular weight excluding hydrogens is 375 g/mol. The highest BCUT2D eigenvalue weighted by Gasteiger charge is 2.30. The molecule has 1 aliphatic heterocycles. The van der Waals surface area contributed by atoms with E-state index in [9.17, 15) is 18.0 Å². The molecule has 0 saturated carbocycles. The molecule has 0 bridgehead atoms. The van der Waals surface area contributed by atoms with Crippen LogP contribution in [-0.2, 0) is 17.4 Å². The molecule has 1 saturated heterocycles. The van der Waals surface area contributed by atoms with Crippen molar-refractivity contribution in [1.82, 2.24) is 15.2 Å². The summed E-state index contributed by atoms with van der Waals surface area (Å²) in [4.78, 5) is 18.8. The third-order valence-electron chi connectivity index (χ3n) is 5.02. The van der Waals surface area contributed by atoms with Crippen LogP contribution in [-0.4, -0.2) is 41.5 Å². The molecule has 1 aliphatic rings. The quantitative estimate of drug-likeness (QED) is 0.790. The van der Waals surface area contributed by atoms with E-state index in [0.29, 0.717) is 40.7 Å². The average molecular weight is 399 g/mol. The highest BCUT2D eigenvalue weighted by molar-refractivity contribution is 7.18. The fourth-order valence-electron chi connectivity index (χ4n) is 3.51. The summed E-state index contributed by atoms with van der Waals surface area (Å²) < 4.78 is 39.1. The van der Waals surface area contributed by atoms with Gasteiger partial charge in [-0.3, -0.25) is 9.69 Å². The lowest BCUT2D eigenvalue weighted by atomic mass is 10.0. The van der Waals surface area contributed by atoms with Gasteiger partial charge in [0, 0.05) is 25.4 Å². The second kappa shape index (κ2) is 8.56. The topological polar surface area (TPSA) is 45.2 Å². The van der Waals surface area contributed by atoms with E-state index in [1.165, 1.54) is 30.2 Å². The van der Waals surface area contributed by atoms with Gasteiger partial charge in [-0.05, 0) is 44.1 Å². The van der Waals surface area contributed by atoms with Crippen LogP contribution in [0, 0.1) is 0 Å². The monoisotopic (exact) mass is 399 g/mol. The number of likely N-dealkylation sites (N-methyl/N-ethyl adjacent to an activating group) is 1. The van der Waals surface area contributed by atoms with Crippen molar-refractivity contribution in [3.8, 4) is 0 Å². The van der Waals surface area contributed by atoms with Crippen molar-refractivity contribution in [3.63, 3.8) is 0 Å². The molecule has 0 radical (unpaired) electrons. The first-order valence-corrected chi connectivity index (χ1v) is 10.2. The van der Waals surface area contributed by atoms with Crippen LogP contribution >= 0.6 is 11.3 Å². The number of carbonyl (C=O) groups excluding carboxylic acids is 1. The molecule has 1 aromatic carbocycles. The molecule has 1 atom stereocenters. The van der Waals surface area contributed by atoms with E-state index in [1.54, 1.807) is 0 Å². The van der Waals surface area contributed by atoms with Gasteiger partial charge in [0.05, 0.1) is 20.8 Å². The van der Waals surface area contributed by atoms with Crippen molar-refractivity contribution in [1.29, 1.82) is 0 Å². The van der Waals surface area contributed by atoms with Gasteiger partial charge in [-0.2, -0.15) is 13.2 Å². The lowest BCUT2D eigenvalue weighted by Gasteiger charge is -2.34. The molecule has 1 aromatic heterocycles. The van der Waals surface area contributed by atoms with Crippen LogP contribution in [0.4, 0.5) is 13.2 Å². The number of hydrogen-bond acceptors (Lipinski definition) is 4. The largest absolute Gasteiger partial charge is 0.416 e. The highest BCUT2D eigenvalue weighted by Crippen LogP contribution is 2.33. The first-order chi connectivity index (χ1) is 12.9. The maximum atomic E-state index is 12.8. The average Bonchev–Trinajstić information content (AvgIpc) is 3.06. The molecular formula is C19H24F3N3OS. The number of likely N-dealkylation sites (tertiary alicyclic amines) is 1. The van der Waals surface area contributed by atoms with Crippen molar-refractivity contribution < 1.29 is 18.0 Å². The second-order valence-corrected chi connectivity index (χ2v) is 7.99. The Morgan fingerprint density at radius 3 is 2.93 bits per heavy atom. The summed E-state index contributed by atoms with van der Waals surface area (Å²) in [5.41, 5.74) is -0.358. The lowest BCUT2D eigenvalue weighted by Crippen LogP contribution is -2.46. The number of amides is 1. The summed E-state index contributed by atoms with van der Waals surface area (Å²) in [6, 6.07) is 3.98. The highest BCUT2D eigenvalue weighted by atomic mass is 32.1. The first-order valence-electron chi connectivity index (χ1n) is 9.34.